The fraction of sp³-hybridized carbons (Fsp3) is 0.474. The number of carbonyl (C=O) groups is 1. The SMILES string of the molecule is CCOc1cc(C=C2SC(=S)N(CCN3CCOCC3)C2=O)ccc1OC. The van der Waals surface area contributed by atoms with Crippen molar-refractivity contribution < 1.29 is 19.0 Å². The molecule has 0 aliphatic carbocycles. The summed E-state index contributed by atoms with van der Waals surface area (Å²) in [6.45, 7) is 7.17. The number of nitrogens with zero attached hydrogens (tertiary/aromatic N) is 2. The molecule has 0 unspecified atom stereocenters. The van der Waals surface area contributed by atoms with Gasteiger partial charge in [0.25, 0.3) is 5.91 Å². The Bertz CT molecular complexity index is 732. The van der Waals surface area contributed by atoms with Crippen LogP contribution in [0.15, 0.2) is 23.1 Å². The lowest BCUT2D eigenvalue weighted by Gasteiger charge is -2.28. The molecule has 0 spiro atoms. The van der Waals surface area contributed by atoms with E-state index in [-0.39, 0.29) is 5.91 Å². The van der Waals surface area contributed by atoms with Crippen LogP contribution in [-0.4, -0.2) is 73.1 Å². The second-order valence-electron chi connectivity index (χ2n) is 6.13. The molecule has 3 rings (SSSR count). The molecule has 2 fully saturated rings. The third kappa shape index (κ3) is 5.01. The fourth-order valence-corrected chi connectivity index (χ4v) is 4.27. The van der Waals surface area contributed by atoms with Crippen molar-refractivity contribution in [2.75, 3.05) is 53.1 Å². The molecule has 6 nitrogen and oxygen atoms in total. The predicted octanol–water partition coefficient (Wildman–Crippen LogP) is 2.63. The first-order valence-electron chi connectivity index (χ1n) is 8.98. The Balaban J connectivity index is 1.69. The van der Waals surface area contributed by atoms with Crippen molar-refractivity contribution in [3.05, 3.63) is 28.7 Å². The molecule has 0 aromatic heterocycles. The second-order valence-corrected chi connectivity index (χ2v) is 7.81. The molecular weight excluding hydrogens is 384 g/mol. The van der Waals surface area contributed by atoms with Crippen LogP contribution >= 0.6 is 24.0 Å². The van der Waals surface area contributed by atoms with Gasteiger partial charge in [0, 0.05) is 26.2 Å². The van der Waals surface area contributed by atoms with E-state index in [1.165, 1.54) is 11.8 Å². The monoisotopic (exact) mass is 408 g/mol. The van der Waals surface area contributed by atoms with Crippen LogP contribution in [0.5, 0.6) is 11.5 Å². The van der Waals surface area contributed by atoms with E-state index in [1.54, 1.807) is 12.0 Å². The van der Waals surface area contributed by atoms with Gasteiger partial charge in [-0.25, -0.2) is 0 Å². The highest BCUT2D eigenvalue weighted by Crippen LogP contribution is 2.34. The van der Waals surface area contributed by atoms with Gasteiger partial charge < -0.3 is 14.2 Å². The van der Waals surface area contributed by atoms with Crippen LogP contribution in [0.2, 0.25) is 0 Å². The minimum Gasteiger partial charge on any atom is -0.493 e. The maximum atomic E-state index is 12.8. The maximum absolute atomic E-state index is 12.8. The average Bonchev–Trinajstić information content (AvgIpc) is 2.94. The third-order valence-electron chi connectivity index (χ3n) is 4.40. The largest absolute Gasteiger partial charge is 0.493 e. The van der Waals surface area contributed by atoms with Crippen molar-refractivity contribution in [2.24, 2.45) is 0 Å². The summed E-state index contributed by atoms with van der Waals surface area (Å²) in [6.07, 6.45) is 1.86. The quantitative estimate of drug-likeness (QED) is 0.508. The van der Waals surface area contributed by atoms with E-state index in [1.807, 2.05) is 31.2 Å². The van der Waals surface area contributed by atoms with Gasteiger partial charge in [0.15, 0.2) is 11.5 Å². The molecule has 0 N–H and O–H groups in total. The van der Waals surface area contributed by atoms with Crippen molar-refractivity contribution in [1.82, 2.24) is 9.80 Å². The standard InChI is InChI=1S/C19H24N2O4S2/c1-3-25-16-12-14(4-5-15(16)23-2)13-17-18(22)21(19(26)27-17)7-6-20-8-10-24-11-9-20/h4-5,12-13H,3,6-11H2,1-2H3. The Morgan fingerprint density at radius 3 is 2.74 bits per heavy atom. The van der Waals surface area contributed by atoms with Crippen molar-refractivity contribution in [3.8, 4) is 11.5 Å². The number of amides is 1. The molecule has 0 radical (unpaired) electrons. The second kappa shape index (κ2) is 9.54. The molecule has 146 valence electrons. The number of thiocarbonyl (C=S) groups is 1. The lowest BCUT2D eigenvalue weighted by Crippen LogP contribution is -2.42. The summed E-state index contributed by atoms with van der Waals surface area (Å²) in [5, 5.41) is 0. The van der Waals surface area contributed by atoms with E-state index in [9.17, 15) is 4.79 Å². The molecule has 2 aliphatic rings. The molecule has 27 heavy (non-hydrogen) atoms. The number of ether oxygens (including phenoxy) is 3. The highest BCUT2D eigenvalue weighted by Gasteiger charge is 2.32. The van der Waals surface area contributed by atoms with Gasteiger partial charge in [0.2, 0.25) is 0 Å². The highest BCUT2D eigenvalue weighted by atomic mass is 32.2. The number of benzene rings is 1. The van der Waals surface area contributed by atoms with Gasteiger partial charge in [-0.1, -0.05) is 30.0 Å². The number of hydrogen-bond donors (Lipinski definition) is 0. The Hall–Kier alpha value is -1.61. The molecule has 2 heterocycles. The molecule has 0 bridgehead atoms. The Labute approximate surface area is 169 Å². The number of morpholine rings is 1. The van der Waals surface area contributed by atoms with Crippen LogP contribution in [0, 0.1) is 0 Å². The van der Waals surface area contributed by atoms with Crippen molar-refractivity contribution in [2.45, 2.75) is 6.92 Å². The van der Waals surface area contributed by atoms with Crippen LogP contribution in [0.1, 0.15) is 12.5 Å². The van der Waals surface area contributed by atoms with Crippen molar-refractivity contribution in [3.63, 3.8) is 0 Å². The van der Waals surface area contributed by atoms with Crippen LogP contribution < -0.4 is 9.47 Å². The predicted molar refractivity (Wildman–Crippen MR) is 111 cm³/mol. The summed E-state index contributed by atoms with van der Waals surface area (Å²) in [5.41, 5.74) is 0.882. The number of thioether (sulfide) groups is 1. The molecule has 8 heteroatoms. The van der Waals surface area contributed by atoms with E-state index in [4.69, 9.17) is 26.4 Å². The molecule has 2 saturated heterocycles. The zero-order valence-electron chi connectivity index (χ0n) is 15.6. The summed E-state index contributed by atoms with van der Waals surface area (Å²) < 4.78 is 16.9. The van der Waals surface area contributed by atoms with Gasteiger partial charge in [-0.15, -0.1) is 0 Å². The molecule has 1 amide bonds. The number of rotatable bonds is 7. The first-order chi connectivity index (χ1) is 13.1. The summed E-state index contributed by atoms with van der Waals surface area (Å²) in [4.78, 5) is 17.4. The van der Waals surface area contributed by atoms with Gasteiger partial charge in [-0.3, -0.25) is 14.6 Å². The average molecular weight is 409 g/mol. The van der Waals surface area contributed by atoms with E-state index in [0.717, 1.165) is 38.4 Å². The van der Waals surface area contributed by atoms with Crippen LogP contribution in [0.3, 0.4) is 0 Å². The molecule has 1 aromatic carbocycles. The van der Waals surface area contributed by atoms with Gasteiger partial charge in [-0.2, -0.15) is 0 Å². The summed E-state index contributed by atoms with van der Waals surface area (Å²) in [6, 6.07) is 5.63. The molecule has 0 saturated carbocycles. The lowest BCUT2D eigenvalue weighted by atomic mass is 10.2. The number of hydrogen-bond acceptors (Lipinski definition) is 7. The van der Waals surface area contributed by atoms with Crippen molar-refractivity contribution >= 4 is 40.3 Å². The topological polar surface area (TPSA) is 51.2 Å². The minimum atomic E-state index is -0.0352. The maximum Gasteiger partial charge on any atom is 0.266 e. The smallest absolute Gasteiger partial charge is 0.266 e. The lowest BCUT2D eigenvalue weighted by molar-refractivity contribution is -0.122. The van der Waals surface area contributed by atoms with E-state index in [2.05, 4.69) is 4.90 Å². The third-order valence-corrected chi connectivity index (χ3v) is 5.78. The van der Waals surface area contributed by atoms with Gasteiger partial charge in [0.05, 0.1) is 31.8 Å². The van der Waals surface area contributed by atoms with Gasteiger partial charge in [0.1, 0.15) is 4.32 Å². The van der Waals surface area contributed by atoms with Gasteiger partial charge >= 0.3 is 0 Å². The van der Waals surface area contributed by atoms with Crippen molar-refractivity contribution in [1.29, 1.82) is 0 Å². The van der Waals surface area contributed by atoms with E-state index < -0.39 is 0 Å². The number of methoxy groups -OCH3 is 1. The Morgan fingerprint density at radius 1 is 1.26 bits per heavy atom. The number of carbonyl (C=O) groups excluding carboxylic acids is 1. The van der Waals surface area contributed by atoms with Crippen LogP contribution in [0.25, 0.3) is 6.08 Å². The summed E-state index contributed by atoms with van der Waals surface area (Å²) in [5.74, 6) is 1.30. The molecule has 0 atom stereocenters. The Kier molecular flexibility index (Phi) is 7.12. The first-order valence-corrected chi connectivity index (χ1v) is 10.2. The normalized spacial score (nSPS) is 19.8. The van der Waals surface area contributed by atoms with Crippen LogP contribution in [0.4, 0.5) is 0 Å². The minimum absolute atomic E-state index is 0.0352. The molecular formula is C19H24N2O4S2. The zero-order chi connectivity index (χ0) is 19.2. The fourth-order valence-electron chi connectivity index (χ4n) is 2.96. The van der Waals surface area contributed by atoms with Gasteiger partial charge in [-0.05, 0) is 30.7 Å². The molecule has 1 aromatic rings. The zero-order valence-corrected chi connectivity index (χ0v) is 17.2. The van der Waals surface area contributed by atoms with E-state index >= 15 is 0 Å². The summed E-state index contributed by atoms with van der Waals surface area (Å²) in [7, 11) is 1.61. The first kappa shape index (κ1) is 20.1. The Morgan fingerprint density at radius 2 is 2.04 bits per heavy atom. The van der Waals surface area contributed by atoms with E-state index in [0.29, 0.717) is 33.9 Å². The van der Waals surface area contributed by atoms with Crippen LogP contribution in [-0.2, 0) is 9.53 Å². The summed E-state index contributed by atoms with van der Waals surface area (Å²) >= 11 is 6.77. The molecule has 2 aliphatic heterocycles. The highest BCUT2D eigenvalue weighted by molar-refractivity contribution is 8.26.